The number of carbonyl (C=O) groups is 1. The zero-order chi connectivity index (χ0) is 13.1. The summed E-state index contributed by atoms with van der Waals surface area (Å²) in [6.07, 6.45) is 1.82. The van der Waals surface area contributed by atoms with Gasteiger partial charge < -0.3 is 20.3 Å². The van der Waals surface area contributed by atoms with E-state index in [-0.39, 0.29) is 17.4 Å². The Morgan fingerprint density at radius 1 is 1.50 bits per heavy atom. The summed E-state index contributed by atoms with van der Waals surface area (Å²) in [5, 5.41) is 13.7. The first-order chi connectivity index (χ1) is 8.61. The molecule has 1 amide bonds. The second-order valence-electron chi connectivity index (χ2n) is 4.37. The topological polar surface area (TPSA) is 91.3 Å². The molecule has 0 aliphatic carbocycles. The van der Waals surface area contributed by atoms with Gasteiger partial charge in [0.15, 0.2) is 5.69 Å². The maximum Gasteiger partial charge on any atom is 0.321 e. The third-order valence-electron chi connectivity index (χ3n) is 3.29. The van der Waals surface area contributed by atoms with Crippen molar-refractivity contribution in [3.05, 3.63) is 27.9 Å². The molecule has 0 unspecified atom stereocenters. The standard InChI is InChI=1S/C11H16N4O3/c1-12-8-4-6-14(7-5-8)11(16)9-2-3-10(13-9)15(17)18/h2-3,8,12-13H,4-7H2,1H3. The lowest BCUT2D eigenvalue weighted by atomic mass is 10.1. The van der Waals surface area contributed by atoms with E-state index in [4.69, 9.17) is 0 Å². The lowest BCUT2D eigenvalue weighted by Gasteiger charge is -2.31. The molecule has 1 saturated heterocycles. The molecule has 2 rings (SSSR count). The van der Waals surface area contributed by atoms with E-state index in [1.165, 1.54) is 12.1 Å². The molecule has 0 atom stereocenters. The molecule has 0 saturated carbocycles. The highest BCUT2D eigenvalue weighted by Gasteiger charge is 2.25. The van der Waals surface area contributed by atoms with Crippen LogP contribution in [-0.2, 0) is 0 Å². The summed E-state index contributed by atoms with van der Waals surface area (Å²) in [4.78, 5) is 26.3. The van der Waals surface area contributed by atoms with E-state index in [1.807, 2.05) is 7.05 Å². The molecule has 0 radical (unpaired) electrons. The highest BCUT2D eigenvalue weighted by Crippen LogP contribution is 2.16. The van der Waals surface area contributed by atoms with Gasteiger partial charge in [0.25, 0.3) is 5.91 Å². The Morgan fingerprint density at radius 2 is 2.17 bits per heavy atom. The van der Waals surface area contributed by atoms with E-state index >= 15 is 0 Å². The van der Waals surface area contributed by atoms with Crippen molar-refractivity contribution in [3.63, 3.8) is 0 Å². The Labute approximate surface area is 104 Å². The second-order valence-corrected chi connectivity index (χ2v) is 4.37. The number of rotatable bonds is 3. The van der Waals surface area contributed by atoms with Gasteiger partial charge in [-0.25, -0.2) is 4.98 Å². The first-order valence-electron chi connectivity index (χ1n) is 5.91. The molecule has 1 aliphatic heterocycles. The van der Waals surface area contributed by atoms with Crippen LogP contribution in [0.3, 0.4) is 0 Å². The number of H-pyrrole nitrogens is 1. The van der Waals surface area contributed by atoms with Gasteiger partial charge in [-0.2, -0.15) is 0 Å². The maximum atomic E-state index is 12.1. The quantitative estimate of drug-likeness (QED) is 0.613. The van der Waals surface area contributed by atoms with Crippen LogP contribution < -0.4 is 5.32 Å². The highest BCUT2D eigenvalue weighted by atomic mass is 16.6. The molecule has 1 aromatic heterocycles. The van der Waals surface area contributed by atoms with Crippen LogP contribution in [-0.4, -0.2) is 46.9 Å². The molecule has 0 spiro atoms. The van der Waals surface area contributed by atoms with Gasteiger partial charge in [0.1, 0.15) is 0 Å². The summed E-state index contributed by atoms with van der Waals surface area (Å²) in [5.41, 5.74) is 0.282. The number of amides is 1. The van der Waals surface area contributed by atoms with Crippen molar-refractivity contribution in [3.8, 4) is 0 Å². The van der Waals surface area contributed by atoms with E-state index < -0.39 is 4.92 Å². The summed E-state index contributed by atoms with van der Waals surface area (Å²) in [5.74, 6) is -0.318. The van der Waals surface area contributed by atoms with E-state index in [2.05, 4.69) is 10.3 Å². The molecule has 0 bridgehead atoms. The van der Waals surface area contributed by atoms with Gasteiger partial charge in [-0.1, -0.05) is 0 Å². The summed E-state index contributed by atoms with van der Waals surface area (Å²) in [6, 6.07) is 3.23. The van der Waals surface area contributed by atoms with Gasteiger partial charge in [0.05, 0.1) is 0 Å². The number of nitro groups is 1. The number of aromatic nitrogens is 1. The number of piperidine rings is 1. The van der Waals surface area contributed by atoms with E-state index in [0.717, 1.165) is 12.8 Å². The second kappa shape index (κ2) is 5.18. The highest BCUT2D eigenvalue weighted by molar-refractivity contribution is 5.93. The predicted molar refractivity (Wildman–Crippen MR) is 65.4 cm³/mol. The Kier molecular flexibility index (Phi) is 3.61. The number of carbonyl (C=O) groups excluding carboxylic acids is 1. The van der Waals surface area contributed by atoms with Crippen LogP contribution >= 0.6 is 0 Å². The van der Waals surface area contributed by atoms with Gasteiger partial charge in [-0.05, 0) is 30.9 Å². The molecule has 7 heteroatoms. The van der Waals surface area contributed by atoms with Crippen molar-refractivity contribution >= 4 is 11.7 Å². The summed E-state index contributed by atoms with van der Waals surface area (Å²) in [6.45, 7) is 1.36. The number of aromatic amines is 1. The van der Waals surface area contributed by atoms with Crippen molar-refractivity contribution in [1.29, 1.82) is 0 Å². The summed E-state index contributed by atoms with van der Waals surface area (Å²) >= 11 is 0. The normalized spacial score (nSPS) is 16.8. The third-order valence-corrected chi connectivity index (χ3v) is 3.29. The fourth-order valence-electron chi connectivity index (χ4n) is 2.16. The summed E-state index contributed by atoms with van der Waals surface area (Å²) < 4.78 is 0. The molecule has 7 nitrogen and oxygen atoms in total. The number of nitrogens with one attached hydrogen (secondary N) is 2. The first-order valence-corrected chi connectivity index (χ1v) is 5.91. The van der Waals surface area contributed by atoms with E-state index in [9.17, 15) is 14.9 Å². The zero-order valence-electron chi connectivity index (χ0n) is 10.2. The number of likely N-dealkylation sites (tertiary alicyclic amines) is 1. The maximum absolute atomic E-state index is 12.1. The molecular formula is C11H16N4O3. The minimum atomic E-state index is -0.538. The average Bonchev–Trinajstić information content (AvgIpc) is 2.88. The van der Waals surface area contributed by atoms with Crippen LogP contribution in [0.15, 0.2) is 12.1 Å². The molecule has 2 N–H and O–H groups in total. The van der Waals surface area contributed by atoms with Gasteiger partial charge in [-0.3, -0.25) is 4.79 Å². The lowest BCUT2D eigenvalue weighted by molar-refractivity contribution is -0.389. The Balaban J connectivity index is 2.01. The minimum Gasteiger partial charge on any atom is -0.358 e. The van der Waals surface area contributed by atoms with Crippen LogP contribution in [0.5, 0.6) is 0 Å². The Bertz CT molecular complexity index is 449. The van der Waals surface area contributed by atoms with Gasteiger partial charge in [0.2, 0.25) is 0 Å². The fraction of sp³-hybridized carbons (Fsp3) is 0.545. The van der Waals surface area contributed by atoms with E-state index in [1.54, 1.807) is 4.90 Å². The van der Waals surface area contributed by atoms with Gasteiger partial charge in [-0.15, -0.1) is 0 Å². The monoisotopic (exact) mass is 252 g/mol. The molecule has 98 valence electrons. The number of nitrogens with zero attached hydrogens (tertiary/aromatic N) is 2. The number of hydrogen-bond acceptors (Lipinski definition) is 4. The first kappa shape index (κ1) is 12.6. The van der Waals surface area contributed by atoms with E-state index in [0.29, 0.717) is 19.1 Å². The van der Waals surface area contributed by atoms with Crippen molar-refractivity contribution in [2.45, 2.75) is 18.9 Å². The molecule has 1 fully saturated rings. The molecule has 18 heavy (non-hydrogen) atoms. The van der Waals surface area contributed by atoms with Gasteiger partial charge in [0, 0.05) is 25.2 Å². The number of hydrogen-bond donors (Lipinski definition) is 2. The molecule has 1 aliphatic rings. The largest absolute Gasteiger partial charge is 0.358 e. The SMILES string of the molecule is CNC1CCN(C(=O)c2ccc([N+](=O)[O-])[nH]2)CC1. The Morgan fingerprint density at radius 3 is 2.67 bits per heavy atom. The van der Waals surface area contributed by atoms with Crippen molar-refractivity contribution < 1.29 is 9.72 Å². The molecule has 0 aromatic carbocycles. The average molecular weight is 252 g/mol. The summed E-state index contributed by atoms with van der Waals surface area (Å²) in [7, 11) is 1.91. The zero-order valence-corrected chi connectivity index (χ0v) is 10.2. The van der Waals surface area contributed by atoms with Crippen molar-refractivity contribution in [2.24, 2.45) is 0 Å². The van der Waals surface area contributed by atoms with Crippen LogP contribution in [0, 0.1) is 10.1 Å². The predicted octanol–water partition coefficient (Wildman–Crippen LogP) is 0.747. The van der Waals surface area contributed by atoms with Gasteiger partial charge >= 0.3 is 5.82 Å². The van der Waals surface area contributed by atoms with Crippen LogP contribution in [0.2, 0.25) is 0 Å². The third kappa shape index (κ3) is 2.51. The van der Waals surface area contributed by atoms with Crippen molar-refractivity contribution in [1.82, 2.24) is 15.2 Å². The Hall–Kier alpha value is -1.89. The smallest absolute Gasteiger partial charge is 0.321 e. The molecular weight excluding hydrogens is 236 g/mol. The fourth-order valence-corrected chi connectivity index (χ4v) is 2.16. The van der Waals surface area contributed by atoms with Crippen LogP contribution in [0.25, 0.3) is 0 Å². The lowest BCUT2D eigenvalue weighted by Crippen LogP contribution is -2.44. The molecule has 2 heterocycles. The van der Waals surface area contributed by atoms with Crippen LogP contribution in [0.4, 0.5) is 5.82 Å². The van der Waals surface area contributed by atoms with Crippen LogP contribution in [0.1, 0.15) is 23.3 Å². The van der Waals surface area contributed by atoms with Crippen molar-refractivity contribution in [2.75, 3.05) is 20.1 Å². The molecule has 1 aromatic rings. The minimum absolute atomic E-state index is 0.150.